The van der Waals surface area contributed by atoms with E-state index in [1.807, 2.05) is 0 Å². The Balaban J connectivity index is 1.44. The molecule has 1 aromatic heterocycles. The molecule has 1 aliphatic heterocycles. The number of alkyl halides is 6. The maximum absolute atomic E-state index is 13.9. The van der Waals surface area contributed by atoms with E-state index in [-0.39, 0.29) is 27.7 Å². The van der Waals surface area contributed by atoms with E-state index in [2.05, 4.69) is 9.71 Å². The zero-order chi connectivity index (χ0) is 36.6. The van der Waals surface area contributed by atoms with Crippen molar-refractivity contribution in [3.63, 3.8) is 0 Å². The van der Waals surface area contributed by atoms with Crippen LogP contribution in [-0.2, 0) is 27.1 Å². The summed E-state index contributed by atoms with van der Waals surface area (Å²) >= 11 is 0. The predicted molar refractivity (Wildman–Crippen MR) is 169 cm³/mol. The number of halogens is 6. The first-order valence-corrected chi connectivity index (χ1v) is 16.5. The lowest BCUT2D eigenvalue weighted by atomic mass is 10.00. The molecule has 0 saturated carbocycles. The van der Waals surface area contributed by atoms with Crippen LogP contribution in [0.15, 0.2) is 60.8 Å². The lowest BCUT2D eigenvalue weighted by Gasteiger charge is -2.20. The van der Waals surface area contributed by atoms with Crippen molar-refractivity contribution in [2.45, 2.75) is 44.4 Å². The fraction of sp³-hybridized carbons (Fsp3) is 0.303. The number of fused-ring (bicyclic) bond motifs is 2. The van der Waals surface area contributed by atoms with Crippen LogP contribution in [0, 0.1) is 6.92 Å². The van der Waals surface area contributed by atoms with Crippen LogP contribution < -0.4 is 23.8 Å². The maximum atomic E-state index is 13.9. The van der Waals surface area contributed by atoms with Crippen molar-refractivity contribution in [2.24, 2.45) is 0 Å². The zero-order valence-corrected chi connectivity index (χ0v) is 27.4. The van der Waals surface area contributed by atoms with E-state index in [4.69, 9.17) is 14.2 Å². The number of amides is 2. The van der Waals surface area contributed by atoms with Gasteiger partial charge in [0.25, 0.3) is 5.91 Å². The van der Waals surface area contributed by atoms with Gasteiger partial charge in [-0.05, 0) is 49.2 Å². The summed E-state index contributed by atoms with van der Waals surface area (Å²) < 4.78 is 123. The van der Waals surface area contributed by atoms with Crippen LogP contribution in [0.5, 0.6) is 17.2 Å². The molecule has 0 saturated heterocycles. The van der Waals surface area contributed by atoms with E-state index >= 15 is 0 Å². The summed E-state index contributed by atoms with van der Waals surface area (Å²) in [7, 11) is -2.81. The molecule has 2 heterocycles. The van der Waals surface area contributed by atoms with Gasteiger partial charge in [-0.15, -0.1) is 0 Å². The summed E-state index contributed by atoms with van der Waals surface area (Å²) in [5.41, 5.74) is 0.389. The molecule has 3 aromatic carbocycles. The highest BCUT2D eigenvalue weighted by molar-refractivity contribution is 7.89. The van der Waals surface area contributed by atoms with E-state index in [1.54, 1.807) is 24.3 Å². The third-order valence-corrected chi connectivity index (χ3v) is 8.99. The third kappa shape index (κ3) is 7.87. The Kier molecular flexibility index (Phi) is 9.92. The number of anilines is 1. The Morgan fingerprint density at radius 1 is 0.980 bits per heavy atom. The topological polar surface area (TPSA) is 124 Å². The number of pyridine rings is 1. The highest BCUT2D eigenvalue weighted by atomic mass is 32.2. The highest BCUT2D eigenvalue weighted by Crippen LogP contribution is 2.46. The lowest BCUT2D eigenvalue weighted by molar-refractivity contribution is -0.154. The fourth-order valence-electron chi connectivity index (χ4n) is 5.62. The predicted octanol–water partition coefficient (Wildman–Crippen LogP) is 6.34. The van der Waals surface area contributed by atoms with Gasteiger partial charge in [0.15, 0.2) is 19.0 Å². The molecule has 10 nitrogen and oxygen atoms in total. The normalized spacial score (nSPS) is 14.0. The first-order chi connectivity index (χ1) is 23.4. The summed E-state index contributed by atoms with van der Waals surface area (Å²) in [6, 6.07) is 13.4. The number of nitrogens with zero attached hydrogens (tertiary/aromatic N) is 2. The molecule has 2 amide bonds. The largest absolute Gasteiger partial charge is 0.496 e. The Morgan fingerprint density at radius 2 is 1.64 bits per heavy atom. The number of aryl methyl sites for hydroxylation is 1. The number of rotatable bonds is 11. The maximum Gasteiger partial charge on any atom is 0.422 e. The van der Waals surface area contributed by atoms with Gasteiger partial charge in [0.2, 0.25) is 15.9 Å². The second kappa shape index (κ2) is 13.7. The minimum atomic E-state index is -4.81. The minimum Gasteiger partial charge on any atom is -0.496 e. The molecule has 1 aliphatic rings. The molecule has 0 radical (unpaired) electrons. The van der Waals surface area contributed by atoms with Gasteiger partial charge in [-0.3, -0.25) is 19.3 Å². The van der Waals surface area contributed by atoms with Crippen molar-refractivity contribution in [3.8, 4) is 17.2 Å². The van der Waals surface area contributed by atoms with E-state index in [0.29, 0.717) is 16.9 Å². The second-order valence-corrected chi connectivity index (χ2v) is 13.1. The molecule has 1 atom stereocenters. The average Bonchev–Trinajstić information content (AvgIpc) is 3.37. The van der Waals surface area contributed by atoms with Gasteiger partial charge in [0.05, 0.1) is 30.9 Å². The number of sulfonamides is 1. The Hall–Kier alpha value is -5.06. The van der Waals surface area contributed by atoms with Crippen molar-refractivity contribution in [3.05, 3.63) is 88.6 Å². The van der Waals surface area contributed by atoms with Crippen molar-refractivity contribution < 1.29 is 58.6 Å². The van der Waals surface area contributed by atoms with Gasteiger partial charge >= 0.3 is 12.4 Å². The third-order valence-electron chi connectivity index (χ3n) is 7.77. The molecule has 50 heavy (non-hydrogen) atoms. The van der Waals surface area contributed by atoms with Gasteiger partial charge < -0.3 is 19.1 Å². The van der Waals surface area contributed by atoms with Crippen molar-refractivity contribution in [1.82, 2.24) is 9.71 Å². The number of aromatic nitrogens is 1. The Labute approximate surface area is 282 Å². The average molecular weight is 726 g/mol. The van der Waals surface area contributed by atoms with Gasteiger partial charge in [0.1, 0.15) is 17.0 Å². The molecule has 17 heteroatoms. The van der Waals surface area contributed by atoms with Crippen LogP contribution in [0.25, 0.3) is 10.9 Å². The van der Waals surface area contributed by atoms with Crippen LogP contribution >= 0.6 is 0 Å². The van der Waals surface area contributed by atoms with Gasteiger partial charge in [-0.2, -0.15) is 26.3 Å². The monoisotopic (exact) mass is 725 g/mol. The zero-order valence-electron chi connectivity index (χ0n) is 26.6. The molecule has 5 rings (SSSR count). The lowest BCUT2D eigenvalue weighted by Crippen LogP contribution is -2.34. The van der Waals surface area contributed by atoms with Crippen molar-refractivity contribution >= 4 is 38.4 Å². The van der Waals surface area contributed by atoms with Gasteiger partial charge in [0, 0.05) is 28.4 Å². The SMILES string of the molecule is COc1ccccc1C(C)C(=O)NS(=O)(=O)Cc1ccc(N2Cc3c(c(OCC(F)(F)F)c4cccnc4c3OCC(F)(F)F)C2=O)c(C)c1. The number of hydrogen-bond donors (Lipinski definition) is 1. The highest BCUT2D eigenvalue weighted by Gasteiger charge is 2.40. The number of ether oxygens (including phenoxy) is 3. The molecule has 0 fully saturated rings. The van der Waals surface area contributed by atoms with Crippen molar-refractivity contribution in [1.29, 1.82) is 0 Å². The minimum absolute atomic E-state index is 0.165. The number of nitrogens with one attached hydrogen (secondary N) is 1. The van der Waals surface area contributed by atoms with Crippen molar-refractivity contribution in [2.75, 3.05) is 25.2 Å². The van der Waals surface area contributed by atoms with Crippen LogP contribution in [-0.4, -0.2) is 57.9 Å². The first kappa shape index (κ1) is 36.2. The number of benzene rings is 3. The van der Waals surface area contributed by atoms with Crippen LogP contribution in [0.2, 0.25) is 0 Å². The van der Waals surface area contributed by atoms with Gasteiger partial charge in [-0.25, -0.2) is 8.42 Å². The standard InChI is InChI=1S/C33H29F6N3O7S/c1-18-13-20(15-50(45,46)41-30(43)19(2)21-7-4-5-9-25(21)47-3)10-11-24(18)42-14-23-26(31(42)44)28(48-16-32(34,35)36)22-8-6-12-40-27(22)29(23)49-17-33(37,38)39/h4-13,19H,14-17H2,1-3H3,(H,41,43). The number of carbonyl (C=O) groups excluding carboxylic acids is 2. The summed E-state index contributed by atoms with van der Waals surface area (Å²) in [5.74, 6) is -3.76. The molecule has 1 unspecified atom stereocenters. The summed E-state index contributed by atoms with van der Waals surface area (Å²) in [6.45, 7) is -0.935. The van der Waals surface area contributed by atoms with Gasteiger partial charge in [-0.1, -0.05) is 30.3 Å². The summed E-state index contributed by atoms with van der Waals surface area (Å²) in [4.78, 5) is 31.9. The molecular weight excluding hydrogens is 696 g/mol. The number of para-hydroxylation sites is 1. The molecule has 1 N–H and O–H groups in total. The number of methoxy groups -OCH3 is 1. The van der Waals surface area contributed by atoms with E-state index in [0.717, 1.165) is 4.90 Å². The van der Waals surface area contributed by atoms with Crippen LogP contribution in [0.3, 0.4) is 0 Å². The van der Waals surface area contributed by atoms with E-state index < -0.39 is 82.7 Å². The molecule has 4 aromatic rings. The molecule has 0 bridgehead atoms. The molecule has 266 valence electrons. The number of carbonyl (C=O) groups is 2. The molecule has 0 aliphatic carbocycles. The second-order valence-electron chi connectivity index (χ2n) is 11.4. The van der Waals surface area contributed by atoms with Crippen LogP contribution in [0.4, 0.5) is 32.0 Å². The van der Waals surface area contributed by atoms with Crippen LogP contribution in [0.1, 0.15) is 45.5 Å². The summed E-state index contributed by atoms with van der Waals surface area (Å²) in [5, 5.41) is -0.165. The molecular formula is C33H29F6N3O7S. The Morgan fingerprint density at radius 3 is 2.28 bits per heavy atom. The fourth-order valence-corrected chi connectivity index (χ4v) is 6.79. The number of hydrogen-bond acceptors (Lipinski definition) is 8. The quantitative estimate of drug-likeness (QED) is 0.178. The molecule has 0 spiro atoms. The first-order valence-electron chi connectivity index (χ1n) is 14.8. The Bertz CT molecular complexity index is 2070. The smallest absolute Gasteiger partial charge is 0.422 e. The van der Waals surface area contributed by atoms with E-state index in [1.165, 1.54) is 57.5 Å². The van der Waals surface area contributed by atoms with E-state index in [9.17, 15) is 44.3 Å². The summed E-state index contributed by atoms with van der Waals surface area (Å²) in [6.07, 6.45) is -8.40.